The van der Waals surface area contributed by atoms with E-state index in [4.69, 9.17) is 0 Å². The Bertz CT molecular complexity index is 284. The third-order valence-corrected chi connectivity index (χ3v) is 2.20. The summed E-state index contributed by atoms with van der Waals surface area (Å²) in [6.45, 7) is 4.92. The van der Waals surface area contributed by atoms with Crippen LogP contribution >= 0.6 is 0 Å². The predicted octanol–water partition coefficient (Wildman–Crippen LogP) is 1.70. The van der Waals surface area contributed by atoms with Gasteiger partial charge in [0.1, 0.15) is 5.78 Å². The van der Waals surface area contributed by atoms with Crippen molar-refractivity contribution in [1.29, 1.82) is 0 Å². The molecule has 16 heavy (non-hydrogen) atoms. The third kappa shape index (κ3) is 6.11. The van der Waals surface area contributed by atoms with Gasteiger partial charge in [-0.3, -0.25) is 19.3 Å². The summed E-state index contributed by atoms with van der Waals surface area (Å²) in [6, 6.07) is 0. The number of imide groups is 1. The van der Waals surface area contributed by atoms with Crippen LogP contribution in [0.15, 0.2) is 12.7 Å². The molecular formula is C12H19NO3. The van der Waals surface area contributed by atoms with Crippen molar-refractivity contribution in [2.24, 2.45) is 0 Å². The zero-order valence-electron chi connectivity index (χ0n) is 9.99. The average molecular weight is 225 g/mol. The topological polar surface area (TPSA) is 54.5 Å². The van der Waals surface area contributed by atoms with Crippen molar-refractivity contribution in [3.05, 3.63) is 12.7 Å². The number of carbonyl (C=O) groups is 3. The van der Waals surface area contributed by atoms with Crippen molar-refractivity contribution in [2.45, 2.75) is 39.0 Å². The molecule has 0 radical (unpaired) electrons. The molecule has 0 unspecified atom stereocenters. The Morgan fingerprint density at radius 1 is 1.19 bits per heavy atom. The maximum atomic E-state index is 11.5. The molecule has 0 bridgehead atoms. The molecule has 4 heteroatoms. The van der Waals surface area contributed by atoms with E-state index in [0.29, 0.717) is 6.42 Å². The highest BCUT2D eigenvalue weighted by molar-refractivity contribution is 6.03. The fourth-order valence-corrected chi connectivity index (χ4v) is 1.20. The molecule has 0 aromatic rings. The van der Waals surface area contributed by atoms with E-state index in [1.54, 1.807) is 6.08 Å². The molecule has 0 aromatic carbocycles. The molecule has 0 aliphatic carbocycles. The second kappa shape index (κ2) is 7.79. The normalized spacial score (nSPS) is 9.62. The number of nitrogens with zero attached hydrogens (tertiary/aromatic N) is 1. The second-order valence-electron chi connectivity index (χ2n) is 3.76. The first-order valence-corrected chi connectivity index (χ1v) is 5.38. The van der Waals surface area contributed by atoms with Crippen LogP contribution in [0.1, 0.15) is 39.0 Å². The molecule has 0 aromatic heterocycles. The molecular weight excluding hydrogens is 206 g/mol. The van der Waals surface area contributed by atoms with Crippen LogP contribution in [0.4, 0.5) is 0 Å². The van der Waals surface area contributed by atoms with E-state index in [0.717, 1.165) is 24.2 Å². The Balaban J connectivity index is 3.93. The summed E-state index contributed by atoms with van der Waals surface area (Å²) in [5, 5.41) is 0. The van der Waals surface area contributed by atoms with Gasteiger partial charge in [0.15, 0.2) is 0 Å². The van der Waals surface area contributed by atoms with Gasteiger partial charge in [-0.15, -0.1) is 6.58 Å². The van der Waals surface area contributed by atoms with Crippen molar-refractivity contribution in [3.8, 4) is 0 Å². The van der Waals surface area contributed by atoms with Gasteiger partial charge in [0.2, 0.25) is 11.8 Å². The van der Waals surface area contributed by atoms with Gasteiger partial charge in [-0.1, -0.05) is 6.08 Å². The van der Waals surface area contributed by atoms with Crippen molar-refractivity contribution in [3.63, 3.8) is 0 Å². The van der Waals surface area contributed by atoms with Gasteiger partial charge >= 0.3 is 0 Å². The average Bonchev–Trinajstić information content (AvgIpc) is 2.22. The highest BCUT2D eigenvalue weighted by Gasteiger charge is 2.17. The maximum absolute atomic E-state index is 11.5. The molecule has 0 fully saturated rings. The van der Waals surface area contributed by atoms with Crippen LogP contribution in [-0.2, 0) is 14.4 Å². The van der Waals surface area contributed by atoms with Crippen LogP contribution in [-0.4, -0.2) is 29.5 Å². The molecule has 0 N–H and O–H groups in total. The monoisotopic (exact) mass is 225 g/mol. The lowest BCUT2D eigenvalue weighted by Crippen LogP contribution is -2.33. The molecule has 90 valence electrons. The summed E-state index contributed by atoms with van der Waals surface area (Å²) >= 11 is 0. The SMILES string of the molecule is C=CCCCCC(=O)N(C)C(=O)CC(C)=O. The highest BCUT2D eigenvalue weighted by atomic mass is 16.2. The van der Waals surface area contributed by atoms with Crippen LogP contribution in [0, 0.1) is 0 Å². The van der Waals surface area contributed by atoms with Gasteiger partial charge in [-0.2, -0.15) is 0 Å². The molecule has 0 atom stereocenters. The van der Waals surface area contributed by atoms with E-state index in [1.807, 2.05) is 0 Å². The van der Waals surface area contributed by atoms with Crippen molar-refractivity contribution >= 4 is 17.6 Å². The number of Topliss-reactive ketones (excluding diaryl/α,β-unsaturated/α-hetero) is 1. The van der Waals surface area contributed by atoms with Crippen LogP contribution in [0.25, 0.3) is 0 Å². The quantitative estimate of drug-likeness (QED) is 0.376. The van der Waals surface area contributed by atoms with Gasteiger partial charge in [0, 0.05) is 13.5 Å². The fourth-order valence-electron chi connectivity index (χ4n) is 1.20. The zero-order chi connectivity index (χ0) is 12.6. The molecule has 0 heterocycles. The van der Waals surface area contributed by atoms with Crippen molar-refractivity contribution < 1.29 is 14.4 Å². The number of amides is 2. The Morgan fingerprint density at radius 3 is 2.31 bits per heavy atom. The van der Waals surface area contributed by atoms with E-state index < -0.39 is 5.91 Å². The van der Waals surface area contributed by atoms with E-state index in [9.17, 15) is 14.4 Å². The van der Waals surface area contributed by atoms with Crippen LogP contribution < -0.4 is 0 Å². The summed E-state index contributed by atoms with van der Waals surface area (Å²) in [5.74, 6) is -0.882. The number of hydrogen-bond donors (Lipinski definition) is 0. The second-order valence-corrected chi connectivity index (χ2v) is 3.76. The lowest BCUT2D eigenvalue weighted by Gasteiger charge is -2.14. The van der Waals surface area contributed by atoms with Crippen molar-refractivity contribution in [1.82, 2.24) is 4.90 Å². The molecule has 0 saturated heterocycles. The molecule has 0 aliphatic heterocycles. The van der Waals surface area contributed by atoms with Gasteiger partial charge < -0.3 is 0 Å². The molecule has 4 nitrogen and oxygen atoms in total. The van der Waals surface area contributed by atoms with Gasteiger partial charge in [-0.05, 0) is 26.2 Å². The lowest BCUT2D eigenvalue weighted by atomic mass is 10.1. The van der Waals surface area contributed by atoms with Gasteiger partial charge in [0.05, 0.1) is 6.42 Å². The van der Waals surface area contributed by atoms with Crippen LogP contribution in [0.2, 0.25) is 0 Å². The summed E-state index contributed by atoms with van der Waals surface area (Å²) in [4.78, 5) is 34.6. The Kier molecular flexibility index (Phi) is 7.09. The summed E-state index contributed by atoms with van der Waals surface area (Å²) in [5.41, 5.74) is 0. The molecule has 2 amide bonds. The summed E-state index contributed by atoms with van der Waals surface area (Å²) in [6.07, 6.45) is 4.45. The minimum absolute atomic E-state index is 0.200. The lowest BCUT2D eigenvalue weighted by molar-refractivity contribution is -0.144. The zero-order valence-corrected chi connectivity index (χ0v) is 9.99. The first kappa shape index (κ1) is 14.6. The van der Waals surface area contributed by atoms with E-state index in [2.05, 4.69) is 6.58 Å². The van der Waals surface area contributed by atoms with Gasteiger partial charge in [0.25, 0.3) is 0 Å². The predicted molar refractivity (Wildman–Crippen MR) is 61.7 cm³/mol. The number of carbonyl (C=O) groups excluding carboxylic acids is 3. The minimum Gasteiger partial charge on any atom is -0.299 e. The number of ketones is 1. The van der Waals surface area contributed by atoms with E-state index >= 15 is 0 Å². The molecule has 0 rings (SSSR count). The Morgan fingerprint density at radius 2 is 1.81 bits per heavy atom. The van der Waals surface area contributed by atoms with Gasteiger partial charge in [-0.25, -0.2) is 0 Å². The number of hydrogen-bond acceptors (Lipinski definition) is 3. The standard InChI is InChI=1S/C12H19NO3/c1-4-5-6-7-8-11(15)13(3)12(16)9-10(2)14/h4H,1,5-9H2,2-3H3. The number of allylic oxidation sites excluding steroid dienone is 1. The Labute approximate surface area is 96.3 Å². The number of unbranched alkanes of at least 4 members (excludes halogenated alkanes) is 2. The maximum Gasteiger partial charge on any atom is 0.236 e. The summed E-state index contributed by atoms with van der Waals surface area (Å²) < 4.78 is 0. The van der Waals surface area contributed by atoms with Crippen LogP contribution in [0.5, 0.6) is 0 Å². The van der Waals surface area contributed by atoms with E-state index in [-0.39, 0.29) is 18.1 Å². The number of rotatable bonds is 7. The highest BCUT2D eigenvalue weighted by Crippen LogP contribution is 2.04. The molecule has 0 saturated carbocycles. The smallest absolute Gasteiger partial charge is 0.236 e. The fraction of sp³-hybridized carbons (Fsp3) is 0.583. The molecule has 0 aliphatic rings. The largest absolute Gasteiger partial charge is 0.299 e. The Hall–Kier alpha value is -1.45. The minimum atomic E-state index is -0.429. The summed E-state index contributed by atoms with van der Waals surface area (Å²) in [7, 11) is 1.42. The molecule has 0 spiro atoms. The van der Waals surface area contributed by atoms with Crippen molar-refractivity contribution in [2.75, 3.05) is 7.05 Å². The third-order valence-electron chi connectivity index (χ3n) is 2.20. The van der Waals surface area contributed by atoms with E-state index in [1.165, 1.54) is 14.0 Å². The first-order valence-electron chi connectivity index (χ1n) is 5.38. The first-order chi connectivity index (χ1) is 7.49. The van der Waals surface area contributed by atoms with Crippen LogP contribution in [0.3, 0.4) is 0 Å².